The predicted octanol–water partition coefficient (Wildman–Crippen LogP) is 5.22. The highest BCUT2D eigenvalue weighted by Crippen LogP contribution is 2.44. The van der Waals surface area contributed by atoms with Crippen LogP contribution in [-0.4, -0.2) is 27.4 Å². The van der Waals surface area contributed by atoms with Crippen molar-refractivity contribution >= 4 is 50.7 Å². The Morgan fingerprint density at radius 1 is 1.17 bits per heavy atom. The Kier molecular flexibility index (Phi) is 6.39. The van der Waals surface area contributed by atoms with Gasteiger partial charge in [-0.15, -0.1) is 11.3 Å². The number of nitro benzene ring substituents is 2. The number of hydrogen-bond donors (Lipinski definition) is 0. The van der Waals surface area contributed by atoms with Gasteiger partial charge in [0.25, 0.3) is 11.4 Å². The molecule has 150 valence electrons. The second-order valence-electron chi connectivity index (χ2n) is 5.90. The number of nitro groups is 2. The lowest BCUT2D eigenvalue weighted by atomic mass is 10.1. The van der Waals surface area contributed by atoms with Crippen molar-refractivity contribution in [1.29, 1.82) is 0 Å². The number of benzene rings is 2. The van der Waals surface area contributed by atoms with Gasteiger partial charge in [-0.05, 0) is 30.3 Å². The molecule has 0 saturated carbocycles. The minimum atomic E-state index is -0.832. The molecule has 0 atom stereocenters. The van der Waals surface area contributed by atoms with Gasteiger partial charge in [-0.25, -0.2) is 9.78 Å². The standard InChI is InChI=1S/C18H15N3O6S2/c1-2-3-8-27-17(22)11-9-13(20(23)24)16(14(10-11)21(25)26)29-18-19-12-6-4-5-7-15(12)28-18/h4-7,9-10H,2-3,8H2,1H3. The van der Waals surface area contributed by atoms with E-state index in [9.17, 15) is 25.0 Å². The molecule has 1 heterocycles. The third-order valence-corrected chi connectivity index (χ3v) is 6.09. The Bertz CT molecular complexity index is 1030. The maximum absolute atomic E-state index is 12.2. The van der Waals surface area contributed by atoms with E-state index >= 15 is 0 Å². The van der Waals surface area contributed by atoms with Crippen LogP contribution in [-0.2, 0) is 4.74 Å². The van der Waals surface area contributed by atoms with Gasteiger partial charge in [0, 0.05) is 12.1 Å². The van der Waals surface area contributed by atoms with E-state index in [4.69, 9.17) is 4.74 Å². The van der Waals surface area contributed by atoms with Crippen molar-refractivity contribution < 1.29 is 19.4 Å². The number of carbonyl (C=O) groups is 1. The van der Waals surface area contributed by atoms with Crippen LogP contribution in [0.3, 0.4) is 0 Å². The van der Waals surface area contributed by atoms with Crippen LogP contribution in [0.5, 0.6) is 0 Å². The van der Waals surface area contributed by atoms with Crippen molar-refractivity contribution in [2.45, 2.75) is 29.0 Å². The van der Waals surface area contributed by atoms with Gasteiger partial charge in [-0.3, -0.25) is 20.2 Å². The maximum atomic E-state index is 12.2. The molecular weight excluding hydrogens is 418 g/mol. The van der Waals surface area contributed by atoms with Crippen LogP contribution >= 0.6 is 23.1 Å². The first kappa shape index (κ1) is 20.7. The van der Waals surface area contributed by atoms with E-state index < -0.39 is 27.2 Å². The van der Waals surface area contributed by atoms with E-state index in [-0.39, 0.29) is 17.1 Å². The number of carbonyl (C=O) groups excluding carboxylic acids is 1. The lowest BCUT2D eigenvalue weighted by Gasteiger charge is -2.07. The van der Waals surface area contributed by atoms with E-state index in [0.717, 1.165) is 35.0 Å². The Morgan fingerprint density at radius 3 is 2.41 bits per heavy atom. The molecule has 3 rings (SSSR count). The van der Waals surface area contributed by atoms with Crippen LogP contribution < -0.4 is 0 Å². The number of hydrogen-bond acceptors (Lipinski definition) is 9. The van der Waals surface area contributed by atoms with Crippen LogP contribution in [0.25, 0.3) is 10.2 Å². The van der Waals surface area contributed by atoms with E-state index in [2.05, 4.69) is 4.98 Å². The fourth-order valence-electron chi connectivity index (χ4n) is 2.47. The molecule has 0 radical (unpaired) electrons. The molecule has 11 heteroatoms. The van der Waals surface area contributed by atoms with Crippen molar-refractivity contribution in [1.82, 2.24) is 4.98 Å². The Labute approximate surface area is 173 Å². The second-order valence-corrected chi connectivity index (χ2v) is 8.19. The van der Waals surface area contributed by atoms with Gasteiger partial charge in [0.1, 0.15) is 0 Å². The van der Waals surface area contributed by atoms with E-state index in [1.165, 1.54) is 11.3 Å². The largest absolute Gasteiger partial charge is 0.462 e. The van der Waals surface area contributed by atoms with Crippen molar-refractivity contribution in [2.75, 3.05) is 6.61 Å². The van der Waals surface area contributed by atoms with E-state index in [0.29, 0.717) is 16.3 Å². The molecule has 0 saturated heterocycles. The molecule has 0 spiro atoms. The number of rotatable bonds is 8. The maximum Gasteiger partial charge on any atom is 0.338 e. The molecule has 29 heavy (non-hydrogen) atoms. The van der Waals surface area contributed by atoms with Crippen molar-refractivity contribution in [2.24, 2.45) is 0 Å². The summed E-state index contributed by atoms with van der Waals surface area (Å²) < 4.78 is 6.32. The average molecular weight is 433 g/mol. The van der Waals surface area contributed by atoms with Gasteiger partial charge in [-0.2, -0.15) is 0 Å². The first-order chi connectivity index (χ1) is 13.9. The number of thiazole rings is 1. The van der Waals surface area contributed by atoms with Crippen molar-refractivity contribution in [3.05, 3.63) is 62.2 Å². The third kappa shape index (κ3) is 4.69. The fourth-order valence-corrected chi connectivity index (χ4v) is 4.64. The van der Waals surface area contributed by atoms with Crippen molar-refractivity contribution in [3.8, 4) is 0 Å². The quantitative estimate of drug-likeness (QED) is 0.205. The second kappa shape index (κ2) is 8.97. The summed E-state index contributed by atoms with van der Waals surface area (Å²) in [4.78, 5) is 38.1. The fraction of sp³-hybridized carbons (Fsp3) is 0.222. The zero-order valence-electron chi connectivity index (χ0n) is 15.2. The van der Waals surface area contributed by atoms with Crippen molar-refractivity contribution in [3.63, 3.8) is 0 Å². The molecule has 0 aliphatic rings. The highest BCUT2D eigenvalue weighted by Gasteiger charge is 2.30. The molecule has 9 nitrogen and oxygen atoms in total. The molecule has 0 fully saturated rings. The normalized spacial score (nSPS) is 10.8. The number of unbranched alkanes of at least 4 members (excludes halogenated alkanes) is 1. The molecule has 0 bridgehead atoms. The van der Waals surface area contributed by atoms with Crippen LogP contribution in [0, 0.1) is 20.2 Å². The predicted molar refractivity (Wildman–Crippen MR) is 109 cm³/mol. The van der Waals surface area contributed by atoms with Crippen LogP contribution in [0.4, 0.5) is 11.4 Å². The lowest BCUT2D eigenvalue weighted by molar-refractivity contribution is -0.399. The molecule has 0 aliphatic heterocycles. The average Bonchev–Trinajstić information content (AvgIpc) is 3.10. The third-order valence-electron chi connectivity index (χ3n) is 3.87. The molecular formula is C18H15N3O6S2. The number of aromatic nitrogens is 1. The molecule has 0 amide bonds. The van der Waals surface area contributed by atoms with Crippen LogP contribution in [0.1, 0.15) is 30.1 Å². The number of nitrogens with zero attached hydrogens (tertiary/aromatic N) is 3. The topological polar surface area (TPSA) is 125 Å². The molecule has 3 aromatic rings. The zero-order valence-corrected chi connectivity index (χ0v) is 16.8. The molecule has 2 aromatic carbocycles. The summed E-state index contributed by atoms with van der Waals surface area (Å²) in [6, 6.07) is 9.29. The van der Waals surface area contributed by atoms with E-state index in [1.807, 2.05) is 19.1 Å². The Balaban J connectivity index is 2.03. The molecule has 0 N–H and O–H groups in total. The van der Waals surface area contributed by atoms with E-state index in [1.54, 1.807) is 12.1 Å². The Morgan fingerprint density at radius 2 is 1.83 bits per heavy atom. The number of fused-ring (bicyclic) bond motifs is 1. The first-order valence-electron chi connectivity index (χ1n) is 8.58. The number of ether oxygens (including phenoxy) is 1. The summed E-state index contributed by atoms with van der Waals surface area (Å²) >= 11 is 2.11. The summed E-state index contributed by atoms with van der Waals surface area (Å²) in [5.41, 5.74) is -0.605. The highest BCUT2D eigenvalue weighted by molar-refractivity contribution is 8.01. The monoisotopic (exact) mass is 433 g/mol. The lowest BCUT2D eigenvalue weighted by Crippen LogP contribution is -2.08. The SMILES string of the molecule is CCCCOC(=O)c1cc([N+](=O)[O-])c(Sc2nc3ccccc3s2)c([N+](=O)[O-])c1. The summed E-state index contributed by atoms with van der Waals surface area (Å²) in [5.74, 6) is -0.832. The summed E-state index contributed by atoms with van der Waals surface area (Å²) in [5, 5.41) is 23.2. The highest BCUT2D eigenvalue weighted by atomic mass is 32.2. The van der Waals surface area contributed by atoms with Crippen LogP contribution in [0.15, 0.2) is 45.6 Å². The summed E-state index contributed by atoms with van der Waals surface area (Å²) in [6.07, 6.45) is 1.42. The smallest absolute Gasteiger partial charge is 0.338 e. The van der Waals surface area contributed by atoms with Gasteiger partial charge in [0.2, 0.25) is 0 Å². The van der Waals surface area contributed by atoms with Gasteiger partial charge in [0.05, 0.1) is 32.2 Å². The van der Waals surface area contributed by atoms with Gasteiger partial charge in [-0.1, -0.05) is 25.5 Å². The zero-order chi connectivity index (χ0) is 21.0. The van der Waals surface area contributed by atoms with Gasteiger partial charge >= 0.3 is 5.97 Å². The first-order valence-corrected chi connectivity index (χ1v) is 10.2. The van der Waals surface area contributed by atoms with Gasteiger partial charge in [0.15, 0.2) is 9.24 Å². The molecule has 1 aromatic heterocycles. The summed E-state index contributed by atoms with van der Waals surface area (Å²) in [6.45, 7) is 2.05. The Hall–Kier alpha value is -3.05. The van der Waals surface area contributed by atoms with Gasteiger partial charge < -0.3 is 4.74 Å². The molecule has 0 aliphatic carbocycles. The number of esters is 1. The minimum Gasteiger partial charge on any atom is -0.462 e. The molecule has 0 unspecified atom stereocenters. The summed E-state index contributed by atoms with van der Waals surface area (Å²) in [7, 11) is 0. The number of para-hydroxylation sites is 1. The van der Waals surface area contributed by atoms with Crippen LogP contribution in [0.2, 0.25) is 0 Å². The minimum absolute atomic E-state index is 0.138.